The molecule has 0 aromatic carbocycles. The Morgan fingerprint density at radius 3 is 3.00 bits per heavy atom. The third kappa shape index (κ3) is 2.92. The van der Waals surface area contributed by atoms with E-state index in [1.54, 1.807) is 0 Å². The second-order valence-corrected chi connectivity index (χ2v) is 4.54. The molecule has 2 aliphatic rings. The van der Waals surface area contributed by atoms with Crippen LogP contribution in [0.25, 0.3) is 0 Å². The monoisotopic (exact) mass is 212 g/mol. The number of ether oxygens (including phenoxy) is 1. The number of amides is 1. The van der Waals surface area contributed by atoms with Gasteiger partial charge >= 0.3 is 0 Å². The summed E-state index contributed by atoms with van der Waals surface area (Å²) in [4.78, 5) is 11.4. The van der Waals surface area contributed by atoms with E-state index in [0.717, 1.165) is 38.8 Å². The van der Waals surface area contributed by atoms with Gasteiger partial charge in [0.05, 0.1) is 18.2 Å². The zero-order chi connectivity index (χ0) is 10.7. The van der Waals surface area contributed by atoms with E-state index in [2.05, 4.69) is 17.6 Å². The van der Waals surface area contributed by atoms with E-state index in [1.807, 2.05) is 0 Å². The van der Waals surface area contributed by atoms with Crippen LogP contribution >= 0.6 is 0 Å². The van der Waals surface area contributed by atoms with Gasteiger partial charge in [-0.15, -0.1) is 0 Å². The number of carbonyl (C=O) groups is 1. The molecule has 1 amide bonds. The lowest BCUT2D eigenvalue weighted by Crippen LogP contribution is -2.50. The highest BCUT2D eigenvalue weighted by Crippen LogP contribution is 2.18. The standard InChI is InChI=1S/C11H20N2O2/c1-8-4-5-9(15-8)7-13-10-3-2-6-12-11(10)14/h8-10,13H,2-7H2,1H3,(H,12,14). The van der Waals surface area contributed by atoms with Crippen LogP contribution in [0.3, 0.4) is 0 Å². The summed E-state index contributed by atoms with van der Waals surface area (Å²) in [5, 5.41) is 6.17. The Hall–Kier alpha value is -0.610. The molecule has 0 aromatic heterocycles. The topological polar surface area (TPSA) is 50.4 Å². The molecule has 2 N–H and O–H groups in total. The van der Waals surface area contributed by atoms with Crippen molar-refractivity contribution in [2.24, 2.45) is 0 Å². The highest BCUT2D eigenvalue weighted by Gasteiger charge is 2.25. The number of rotatable bonds is 3. The van der Waals surface area contributed by atoms with Gasteiger partial charge in [-0.3, -0.25) is 4.79 Å². The maximum absolute atomic E-state index is 11.4. The lowest BCUT2D eigenvalue weighted by Gasteiger charge is -2.24. The van der Waals surface area contributed by atoms with Crippen LogP contribution in [-0.2, 0) is 9.53 Å². The lowest BCUT2D eigenvalue weighted by molar-refractivity contribution is -0.124. The van der Waals surface area contributed by atoms with Gasteiger partial charge in [-0.25, -0.2) is 0 Å². The molecule has 0 radical (unpaired) electrons. The van der Waals surface area contributed by atoms with Gasteiger partial charge in [-0.1, -0.05) is 0 Å². The smallest absolute Gasteiger partial charge is 0.237 e. The van der Waals surface area contributed by atoms with Gasteiger partial charge in [0.25, 0.3) is 0 Å². The number of carbonyl (C=O) groups excluding carboxylic acids is 1. The Labute approximate surface area is 90.8 Å². The van der Waals surface area contributed by atoms with Gasteiger partial charge in [0.15, 0.2) is 0 Å². The predicted octanol–water partition coefficient (Wildman–Crippen LogP) is 0.422. The SMILES string of the molecule is CC1CCC(CNC2CCCNC2=O)O1. The van der Waals surface area contributed by atoms with E-state index in [9.17, 15) is 4.79 Å². The summed E-state index contributed by atoms with van der Waals surface area (Å²) < 4.78 is 5.69. The molecule has 3 unspecified atom stereocenters. The minimum Gasteiger partial charge on any atom is -0.374 e. The largest absolute Gasteiger partial charge is 0.374 e. The molecule has 2 fully saturated rings. The summed E-state index contributed by atoms with van der Waals surface area (Å²) >= 11 is 0. The van der Waals surface area contributed by atoms with Crippen molar-refractivity contribution in [3.05, 3.63) is 0 Å². The average Bonchev–Trinajstić information content (AvgIpc) is 2.63. The summed E-state index contributed by atoms with van der Waals surface area (Å²) in [5.41, 5.74) is 0. The molecule has 0 bridgehead atoms. The zero-order valence-electron chi connectivity index (χ0n) is 9.29. The molecular formula is C11H20N2O2. The van der Waals surface area contributed by atoms with Gasteiger partial charge in [0.2, 0.25) is 5.91 Å². The average molecular weight is 212 g/mol. The van der Waals surface area contributed by atoms with Crippen molar-refractivity contribution in [3.8, 4) is 0 Å². The van der Waals surface area contributed by atoms with E-state index >= 15 is 0 Å². The highest BCUT2D eigenvalue weighted by atomic mass is 16.5. The Morgan fingerprint density at radius 1 is 1.47 bits per heavy atom. The van der Waals surface area contributed by atoms with Crippen LogP contribution < -0.4 is 10.6 Å². The molecule has 4 heteroatoms. The molecule has 2 saturated heterocycles. The van der Waals surface area contributed by atoms with Crippen molar-refractivity contribution in [2.75, 3.05) is 13.1 Å². The minimum absolute atomic E-state index is 0.00161. The predicted molar refractivity (Wildman–Crippen MR) is 57.6 cm³/mol. The van der Waals surface area contributed by atoms with Gasteiger partial charge in [-0.05, 0) is 32.6 Å². The summed E-state index contributed by atoms with van der Waals surface area (Å²) in [6.07, 6.45) is 4.97. The van der Waals surface area contributed by atoms with Gasteiger partial charge in [0, 0.05) is 13.1 Å². The maximum Gasteiger partial charge on any atom is 0.237 e. The van der Waals surface area contributed by atoms with E-state index in [-0.39, 0.29) is 11.9 Å². The lowest BCUT2D eigenvalue weighted by atomic mass is 10.1. The van der Waals surface area contributed by atoms with Crippen molar-refractivity contribution in [1.82, 2.24) is 10.6 Å². The third-order valence-corrected chi connectivity index (χ3v) is 3.20. The van der Waals surface area contributed by atoms with E-state index in [0.29, 0.717) is 12.2 Å². The summed E-state index contributed by atoms with van der Waals surface area (Å²) in [7, 11) is 0. The fraction of sp³-hybridized carbons (Fsp3) is 0.909. The molecule has 0 aromatic rings. The molecule has 0 saturated carbocycles. The Bertz CT molecular complexity index is 233. The van der Waals surface area contributed by atoms with Crippen LogP contribution in [0.5, 0.6) is 0 Å². The zero-order valence-corrected chi connectivity index (χ0v) is 9.29. The van der Waals surface area contributed by atoms with Crippen molar-refractivity contribution >= 4 is 5.91 Å². The molecule has 4 nitrogen and oxygen atoms in total. The van der Waals surface area contributed by atoms with Crippen LogP contribution in [0, 0.1) is 0 Å². The third-order valence-electron chi connectivity index (χ3n) is 3.20. The fourth-order valence-electron chi connectivity index (χ4n) is 2.28. The quantitative estimate of drug-likeness (QED) is 0.713. The summed E-state index contributed by atoms with van der Waals surface area (Å²) in [6, 6.07) is -0.00161. The molecule has 2 aliphatic heterocycles. The van der Waals surface area contributed by atoms with Gasteiger partial charge in [-0.2, -0.15) is 0 Å². The molecule has 3 atom stereocenters. The van der Waals surface area contributed by atoms with Crippen LogP contribution in [0.2, 0.25) is 0 Å². The molecular weight excluding hydrogens is 192 g/mol. The van der Waals surface area contributed by atoms with Crippen LogP contribution in [-0.4, -0.2) is 37.2 Å². The fourth-order valence-corrected chi connectivity index (χ4v) is 2.28. The van der Waals surface area contributed by atoms with E-state index in [1.165, 1.54) is 0 Å². The summed E-state index contributed by atoms with van der Waals surface area (Å²) in [6.45, 7) is 3.74. The molecule has 2 rings (SSSR count). The van der Waals surface area contributed by atoms with Crippen molar-refractivity contribution in [2.45, 2.75) is 50.9 Å². The van der Waals surface area contributed by atoms with Crippen molar-refractivity contribution < 1.29 is 9.53 Å². The Kier molecular flexibility index (Phi) is 3.59. The first-order chi connectivity index (χ1) is 7.25. The van der Waals surface area contributed by atoms with Gasteiger partial charge in [0.1, 0.15) is 0 Å². The van der Waals surface area contributed by atoms with Crippen molar-refractivity contribution in [3.63, 3.8) is 0 Å². The highest BCUT2D eigenvalue weighted by molar-refractivity contribution is 5.82. The van der Waals surface area contributed by atoms with E-state index in [4.69, 9.17) is 4.74 Å². The van der Waals surface area contributed by atoms with Gasteiger partial charge < -0.3 is 15.4 Å². The normalized spacial score (nSPS) is 36.6. The van der Waals surface area contributed by atoms with Crippen LogP contribution in [0.15, 0.2) is 0 Å². The first kappa shape index (κ1) is 10.9. The summed E-state index contributed by atoms with van der Waals surface area (Å²) in [5.74, 6) is 0.146. The Balaban J connectivity index is 1.70. The van der Waals surface area contributed by atoms with Crippen LogP contribution in [0.4, 0.5) is 0 Å². The maximum atomic E-state index is 11.4. The number of piperidine rings is 1. The second kappa shape index (κ2) is 4.94. The second-order valence-electron chi connectivity index (χ2n) is 4.54. The molecule has 15 heavy (non-hydrogen) atoms. The number of hydrogen-bond donors (Lipinski definition) is 2. The molecule has 2 heterocycles. The number of hydrogen-bond acceptors (Lipinski definition) is 3. The molecule has 0 aliphatic carbocycles. The minimum atomic E-state index is -0.00161. The Morgan fingerprint density at radius 2 is 2.33 bits per heavy atom. The first-order valence-corrected chi connectivity index (χ1v) is 5.92. The first-order valence-electron chi connectivity index (χ1n) is 5.92. The molecule has 0 spiro atoms. The number of nitrogens with one attached hydrogen (secondary N) is 2. The molecule has 86 valence electrons. The van der Waals surface area contributed by atoms with Crippen LogP contribution in [0.1, 0.15) is 32.6 Å². The van der Waals surface area contributed by atoms with Crippen molar-refractivity contribution in [1.29, 1.82) is 0 Å². The van der Waals surface area contributed by atoms with E-state index < -0.39 is 0 Å².